The maximum Gasteiger partial charge on any atom is 0.307 e. The van der Waals surface area contributed by atoms with Crippen molar-refractivity contribution in [2.45, 2.75) is 19.8 Å². The number of carbonyl (C=O) groups is 2. The third-order valence-electron chi connectivity index (χ3n) is 3.84. The minimum Gasteiger partial charge on any atom is -0.481 e. The van der Waals surface area contributed by atoms with Crippen LogP contribution in [-0.4, -0.2) is 27.1 Å². The first-order valence-electron chi connectivity index (χ1n) is 6.99. The van der Waals surface area contributed by atoms with Crippen LogP contribution in [0.4, 0.5) is 5.69 Å². The molecule has 7 heteroatoms. The van der Waals surface area contributed by atoms with Crippen molar-refractivity contribution in [3.63, 3.8) is 0 Å². The summed E-state index contributed by atoms with van der Waals surface area (Å²) >= 11 is 0. The van der Waals surface area contributed by atoms with E-state index in [1.165, 1.54) is 0 Å². The van der Waals surface area contributed by atoms with Crippen LogP contribution in [0.25, 0.3) is 11.4 Å². The second kappa shape index (κ2) is 5.59. The number of nitrogens with zero attached hydrogens (tertiary/aromatic N) is 2. The van der Waals surface area contributed by atoms with E-state index in [1.54, 1.807) is 25.1 Å². The number of anilines is 1. The summed E-state index contributed by atoms with van der Waals surface area (Å²) in [4.78, 5) is 27.3. The molecule has 1 aromatic heterocycles. The zero-order valence-electron chi connectivity index (χ0n) is 11.9. The first-order valence-corrected chi connectivity index (χ1v) is 6.99. The van der Waals surface area contributed by atoms with Crippen molar-refractivity contribution < 1.29 is 19.2 Å². The molecule has 0 spiro atoms. The van der Waals surface area contributed by atoms with E-state index in [-0.39, 0.29) is 5.91 Å². The summed E-state index contributed by atoms with van der Waals surface area (Å²) in [5.41, 5.74) is 1.30. The molecule has 1 fully saturated rings. The molecule has 22 heavy (non-hydrogen) atoms. The fraction of sp³-hybridized carbons (Fsp3) is 0.333. The Labute approximate surface area is 126 Å². The summed E-state index contributed by atoms with van der Waals surface area (Å²) in [5.74, 6) is -1.32. The quantitative estimate of drug-likeness (QED) is 0.895. The molecule has 7 nitrogen and oxygen atoms in total. The third kappa shape index (κ3) is 2.69. The lowest BCUT2D eigenvalue weighted by Crippen LogP contribution is -2.41. The number of nitrogens with one attached hydrogen (secondary N) is 1. The van der Waals surface area contributed by atoms with Crippen LogP contribution >= 0.6 is 0 Å². The van der Waals surface area contributed by atoms with Gasteiger partial charge >= 0.3 is 5.97 Å². The highest BCUT2D eigenvalue weighted by Crippen LogP contribution is 2.35. The summed E-state index contributed by atoms with van der Waals surface area (Å²) < 4.78 is 4.93. The predicted octanol–water partition coefficient (Wildman–Crippen LogP) is 2.09. The molecule has 0 bridgehead atoms. The maximum atomic E-state index is 12.1. The Hall–Kier alpha value is -2.70. The van der Waals surface area contributed by atoms with Gasteiger partial charge in [0, 0.05) is 18.2 Å². The molecule has 1 aliphatic rings. The van der Waals surface area contributed by atoms with Gasteiger partial charge in [-0.25, -0.2) is 0 Å². The van der Waals surface area contributed by atoms with Crippen molar-refractivity contribution in [3.05, 3.63) is 30.2 Å². The van der Waals surface area contributed by atoms with E-state index in [1.807, 2.05) is 6.07 Å². The lowest BCUT2D eigenvalue weighted by atomic mass is 9.73. The minimum atomic E-state index is -0.914. The van der Waals surface area contributed by atoms with Crippen LogP contribution in [0.1, 0.15) is 18.7 Å². The molecule has 0 radical (unpaired) electrons. The van der Waals surface area contributed by atoms with Gasteiger partial charge in [0.25, 0.3) is 0 Å². The number of aryl methyl sites for hydroxylation is 1. The fourth-order valence-electron chi connectivity index (χ4n) is 2.50. The van der Waals surface area contributed by atoms with Crippen molar-refractivity contribution in [2.75, 3.05) is 5.32 Å². The zero-order valence-corrected chi connectivity index (χ0v) is 11.9. The lowest BCUT2D eigenvalue weighted by molar-refractivity contribution is -0.151. The molecule has 0 saturated heterocycles. The van der Waals surface area contributed by atoms with Crippen LogP contribution in [0, 0.1) is 18.8 Å². The van der Waals surface area contributed by atoms with E-state index in [9.17, 15) is 9.59 Å². The van der Waals surface area contributed by atoms with Crippen molar-refractivity contribution >= 4 is 17.6 Å². The average molecular weight is 301 g/mol. The Bertz CT molecular complexity index is 725. The predicted molar refractivity (Wildman–Crippen MR) is 77.0 cm³/mol. The van der Waals surface area contributed by atoms with Crippen molar-refractivity contribution in [1.82, 2.24) is 10.1 Å². The molecule has 2 unspecified atom stereocenters. The molecule has 2 atom stereocenters. The van der Waals surface area contributed by atoms with Crippen molar-refractivity contribution in [1.29, 1.82) is 0 Å². The highest BCUT2D eigenvalue weighted by Gasteiger charge is 2.41. The van der Waals surface area contributed by atoms with Crippen LogP contribution in [0.5, 0.6) is 0 Å². The van der Waals surface area contributed by atoms with Crippen molar-refractivity contribution in [2.24, 2.45) is 11.8 Å². The molecule has 0 aliphatic heterocycles. The fourth-order valence-corrected chi connectivity index (χ4v) is 2.50. The second-order valence-corrected chi connectivity index (χ2v) is 5.34. The molecule has 2 N–H and O–H groups in total. The van der Waals surface area contributed by atoms with Crippen LogP contribution in [0.2, 0.25) is 0 Å². The molecule has 1 saturated carbocycles. The van der Waals surface area contributed by atoms with E-state index in [4.69, 9.17) is 9.63 Å². The van der Waals surface area contributed by atoms with Gasteiger partial charge in [0.15, 0.2) is 0 Å². The summed E-state index contributed by atoms with van der Waals surface area (Å²) in [6.45, 7) is 1.70. The Morgan fingerprint density at radius 3 is 2.68 bits per heavy atom. The van der Waals surface area contributed by atoms with E-state index < -0.39 is 17.8 Å². The van der Waals surface area contributed by atoms with Crippen LogP contribution in [-0.2, 0) is 9.59 Å². The number of amides is 1. The molecule has 1 aliphatic carbocycles. The molecule has 3 rings (SSSR count). The van der Waals surface area contributed by atoms with Gasteiger partial charge < -0.3 is 14.9 Å². The normalized spacial score (nSPS) is 20.2. The number of carbonyl (C=O) groups excluding carboxylic acids is 1. The summed E-state index contributed by atoms with van der Waals surface area (Å²) in [6.07, 6.45) is 1.15. The monoisotopic (exact) mass is 301 g/mol. The van der Waals surface area contributed by atoms with Crippen LogP contribution < -0.4 is 5.32 Å². The number of hydrogen-bond donors (Lipinski definition) is 2. The van der Waals surface area contributed by atoms with Crippen LogP contribution in [0.15, 0.2) is 28.8 Å². The highest BCUT2D eigenvalue weighted by atomic mass is 16.5. The zero-order chi connectivity index (χ0) is 15.7. The topological polar surface area (TPSA) is 105 Å². The summed E-state index contributed by atoms with van der Waals surface area (Å²) in [6, 6.07) is 7.05. The van der Waals surface area contributed by atoms with Gasteiger partial charge in [0.05, 0.1) is 11.8 Å². The minimum absolute atomic E-state index is 0.264. The van der Waals surface area contributed by atoms with E-state index >= 15 is 0 Å². The van der Waals surface area contributed by atoms with Gasteiger partial charge in [-0.15, -0.1) is 0 Å². The summed E-state index contributed by atoms with van der Waals surface area (Å²) in [7, 11) is 0. The number of benzene rings is 1. The average Bonchev–Trinajstić information content (AvgIpc) is 2.83. The van der Waals surface area contributed by atoms with E-state index in [0.29, 0.717) is 30.2 Å². The molecular formula is C15H15N3O4. The van der Waals surface area contributed by atoms with Gasteiger partial charge in [0.2, 0.25) is 17.6 Å². The highest BCUT2D eigenvalue weighted by molar-refractivity contribution is 5.96. The number of carboxylic acid groups (broad SMARTS) is 1. The number of aliphatic carboxylic acids is 1. The van der Waals surface area contributed by atoms with Gasteiger partial charge in [-0.1, -0.05) is 17.3 Å². The molecule has 1 aromatic carbocycles. The Balaban J connectivity index is 1.73. The maximum absolute atomic E-state index is 12.1. The van der Waals surface area contributed by atoms with Gasteiger partial charge in [-0.05, 0) is 25.0 Å². The molecule has 2 aromatic rings. The third-order valence-corrected chi connectivity index (χ3v) is 3.84. The van der Waals surface area contributed by atoms with E-state index in [0.717, 1.165) is 5.56 Å². The second-order valence-electron chi connectivity index (χ2n) is 5.34. The van der Waals surface area contributed by atoms with Crippen molar-refractivity contribution in [3.8, 4) is 11.4 Å². The Morgan fingerprint density at radius 2 is 2.09 bits per heavy atom. The van der Waals surface area contributed by atoms with Gasteiger partial charge in [0.1, 0.15) is 0 Å². The largest absolute Gasteiger partial charge is 0.481 e. The number of aromatic nitrogens is 2. The van der Waals surface area contributed by atoms with Gasteiger partial charge in [-0.3, -0.25) is 9.59 Å². The van der Waals surface area contributed by atoms with E-state index in [2.05, 4.69) is 15.5 Å². The van der Waals surface area contributed by atoms with Gasteiger partial charge in [-0.2, -0.15) is 4.98 Å². The van der Waals surface area contributed by atoms with Crippen LogP contribution in [0.3, 0.4) is 0 Å². The lowest BCUT2D eigenvalue weighted by Gasteiger charge is -2.31. The smallest absolute Gasteiger partial charge is 0.307 e. The standard InChI is InChI=1S/C15H15N3O4/c1-8-16-13(18-22-8)9-3-2-4-10(7-9)17-14(19)11-5-6-12(11)15(20)21/h2-4,7,11-12H,5-6H2,1H3,(H,17,19)(H,20,21). The molecule has 114 valence electrons. The Kier molecular flexibility index (Phi) is 3.62. The molecule has 1 amide bonds. The molecular weight excluding hydrogens is 286 g/mol. The first-order chi connectivity index (χ1) is 10.5. The number of rotatable bonds is 4. The first kappa shape index (κ1) is 14.2. The number of carboxylic acids is 1. The Morgan fingerprint density at radius 1 is 1.32 bits per heavy atom. The SMILES string of the molecule is Cc1nc(-c2cccc(NC(=O)C3CCC3C(=O)O)c2)no1. The number of hydrogen-bond acceptors (Lipinski definition) is 5. The summed E-state index contributed by atoms with van der Waals surface area (Å²) in [5, 5.41) is 15.6. The molecule has 1 heterocycles.